The average Bonchev–Trinajstić information content (AvgIpc) is 2.52. The second-order valence-corrected chi connectivity index (χ2v) is 7.74. The zero-order chi connectivity index (χ0) is 12.2. The van der Waals surface area contributed by atoms with E-state index in [1.54, 1.807) is 0 Å². The van der Waals surface area contributed by atoms with E-state index < -0.39 is 0 Å². The third kappa shape index (κ3) is 1.84. The summed E-state index contributed by atoms with van der Waals surface area (Å²) in [5.41, 5.74) is 0.561. The van der Waals surface area contributed by atoms with Gasteiger partial charge in [0.05, 0.1) is 6.10 Å². The molecule has 0 amide bonds. The van der Waals surface area contributed by atoms with Crippen LogP contribution in [0.2, 0.25) is 0 Å². The van der Waals surface area contributed by atoms with Gasteiger partial charge in [0, 0.05) is 19.2 Å². The second kappa shape index (κ2) is 4.21. The van der Waals surface area contributed by atoms with Gasteiger partial charge in [0.15, 0.2) is 0 Å². The summed E-state index contributed by atoms with van der Waals surface area (Å²) in [7, 11) is 0. The van der Waals surface area contributed by atoms with Gasteiger partial charge in [-0.1, -0.05) is 0 Å². The summed E-state index contributed by atoms with van der Waals surface area (Å²) in [5.74, 6) is 3.13. The molecule has 2 nitrogen and oxygen atoms in total. The average molecular weight is 249 g/mol. The van der Waals surface area contributed by atoms with E-state index in [1.165, 1.54) is 44.9 Å². The molecule has 0 radical (unpaired) electrons. The number of hydrogen-bond acceptors (Lipinski definition) is 2. The molecule has 1 N–H and O–H groups in total. The Balaban J connectivity index is 1.55. The van der Waals surface area contributed by atoms with Gasteiger partial charge in [-0.2, -0.15) is 0 Å². The Morgan fingerprint density at radius 3 is 2.22 bits per heavy atom. The lowest BCUT2D eigenvalue weighted by Crippen LogP contribution is -2.54. The summed E-state index contributed by atoms with van der Waals surface area (Å²) in [5, 5.41) is 3.69. The molecule has 0 aromatic rings. The Hall–Kier alpha value is -0.0800. The minimum atomic E-state index is 0.510. The first-order chi connectivity index (χ1) is 8.73. The maximum atomic E-state index is 6.30. The van der Waals surface area contributed by atoms with Crippen molar-refractivity contribution in [3.8, 4) is 0 Å². The van der Waals surface area contributed by atoms with Crippen molar-refractivity contribution < 1.29 is 4.74 Å². The molecule has 2 atom stereocenters. The lowest BCUT2D eigenvalue weighted by molar-refractivity contribution is -0.136. The van der Waals surface area contributed by atoms with Gasteiger partial charge in [0.25, 0.3) is 0 Å². The van der Waals surface area contributed by atoms with Crippen LogP contribution >= 0.6 is 0 Å². The molecule has 102 valence electrons. The lowest BCUT2D eigenvalue weighted by Gasteiger charge is -2.59. The fraction of sp³-hybridized carbons (Fsp3) is 1.00. The zero-order valence-corrected chi connectivity index (χ0v) is 11.7. The van der Waals surface area contributed by atoms with Crippen LogP contribution in [0.15, 0.2) is 0 Å². The van der Waals surface area contributed by atoms with Crippen LogP contribution in [-0.2, 0) is 4.74 Å². The van der Waals surface area contributed by atoms with E-state index in [0.717, 1.165) is 30.9 Å². The van der Waals surface area contributed by atoms with Crippen molar-refractivity contribution in [1.29, 1.82) is 0 Å². The molecule has 1 saturated heterocycles. The van der Waals surface area contributed by atoms with Crippen LogP contribution in [-0.4, -0.2) is 25.3 Å². The summed E-state index contributed by atoms with van der Waals surface area (Å²) in [6.45, 7) is 4.37. The van der Waals surface area contributed by atoms with E-state index >= 15 is 0 Å². The highest BCUT2D eigenvalue weighted by Crippen LogP contribution is 2.61. The first-order valence-corrected chi connectivity index (χ1v) is 8.08. The van der Waals surface area contributed by atoms with Gasteiger partial charge in [-0.25, -0.2) is 0 Å². The molecule has 2 unspecified atom stereocenters. The Kier molecular flexibility index (Phi) is 2.74. The van der Waals surface area contributed by atoms with Crippen molar-refractivity contribution >= 4 is 0 Å². The smallest absolute Gasteiger partial charge is 0.0755 e. The number of rotatable bonds is 1. The quantitative estimate of drug-likeness (QED) is 0.771. The molecule has 0 aromatic carbocycles. The van der Waals surface area contributed by atoms with Gasteiger partial charge < -0.3 is 10.1 Å². The van der Waals surface area contributed by atoms with Crippen LogP contribution in [0.1, 0.15) is 51.9 Å². The molecule has 4 bridgehead atoms. The van der Waals surface area contributed by atoms with Crippen molar-refractivity contribution in [2.75, 3.05) is 13.2 Å². The summed E-state index contributed by atoms with van der Waals surface area (Å²) in [6.07, 6.45) is 10.7. The summed E-state index contributed by atoms with van der Waals surface area (Å²) >= 11 is 0. The zero-order valence-electron chi connectivity index (χ0n) is 11.7. The van der Waals surface area contributed by atoms with Gasteiger partial charge in [0.1, 0.15) is 0 Å². The lowest BCUT2D eigenvalue weighted by atomic mass is 9.48. The molecule has 4 saturated carbocycles. The molecule has 18 heavy (non-hydrogen) atoms. The Morgan fingerprint density at radius 1 is 1.00 bits per heavy atom. The van der Waals surface area contributed by atoms with E-state index in [2.05, 4.69) is 12.2 Å². The van der Waals surface area contributed by atoms with Crippen molar-refractivity contribution in [2.24, 2.45) is 23.2 Å². The van der Waals surface area contributed by atoms with Crippen LogP contribution in [0.3, 0.4) is 0 Å². The summed E-state index contributed by atoms with van der Waals surface area (Å²) in [4.78, 5) is 0. The van der Waals surface area contributed by atoms with Crippen LogP contribution < -0.4 is 5.32 Å². The molecule has 1 heterocycles. The van der Waals surface area contributed by atoms with E-state index in [9.17, 15) is 0 Å². The number of ether oxygens (including phenoxy) is 1. The largest absolute Gasteiger partial charge is 0.376 e. The third-order valence-corrected chi connectivity index (χ3v) is 6.29. The highest BCUT2D eigenvalue weighted by molar-refractivity contribution is 5.05. The molecular formula is C16H27NO. The van der Waals surface area contributed by atoms with Crippen LogP contribution in [0.25, 0.3) is 0 Å². The topological polar surface area (TPSA) is 21.3 Å². The van der Waals surface area contributed by atoms with E-state index in [-0.39, 0.29) is 0 Å². The first-order valence-electron chi connectivity index (χ1n) is 8.08. The van der Waals surface area contributed by atoms with Crippen LogP contribution in [0, 0.1) is 23.2 Å². The maximum absolute atomic E-state index is 6.30. The van der Waals surface area contributed by atoms with Gasteiger partial charge in [-0.05, 0) is 75.0 Å². The fourth-order valence-corrected chi connectivity index (χ4v) is 5.82. The molecule has 5 rings (SSSR count). The van der Waals surface area contributed by atoms with E-state index in [1.807, 2.05) is 0 Å². The third-order valence-electron chi connectivity index (χ3n) is 6.29. The van der Waals surface area contributed by atoms with Crippen molar-refractivity contribution in [3.63, 3.8) is 0 Å². The van der Waals surface area contributed by atoms with Crippen molar-refractivity contribution in [2.45, 2.75) is 64.0 Å². The monoisotopic (exact) mass is 249 g/mol. The van der Waals surface area contributed by atoms with Crippen molar-refractivity contribution in [1.82, 2.24) is 5.32 Å². The minimum absolute atomic E-state index is 0.510. The molecule has 1 aliphatic heterocycles. The minimum Gasteiger partial charge on any atom is -0.376 e. The summed E-state index contributed by atoms with van der Waals surface area (Å²) < 4.78 is 6.30. The van der Waals surface area contributed by atoms with Crippen LogP contribution in [0.4, 0.5) is 0 Å². The molecule has 2 heteroatoms. The van der Waals surface area contributed by atoms with Gasteiger partial charge in [-0.3, -0.25) is 0 Å². The Morgan fingerprint density at radius 2 is 1.61 bits per heavy atom. The number of hydrogen-bond donors (Lipinski definition) is 1. The molecular weight excluding hydrogens is 222 g/mol. The van der Waals surface area contributed by atoms with Crippen LogP contribution in [0.5, 0.6) is 0 Å². The normalized spacial score (nSPS) is 55.5. The standard InChI is InChI=1S/C16H27NO/c1-11-2-3-18-15(10-17-11)16-7-12-4-13(8-16)6-14(5-12)9-16/h11-15,17H,2-10H2,1H3. The summed E-state index contributed by atoms with van der Waals surface area (Å²) in [6, 6.07) is 0.643. The van der Waals surface area contributed by atoms with Gasteiger partial charge >= 0.3 is 0 Å². The van der Waals surface area contributed by atoms with E-state index in [0.29, 0.717) is 17.6 Å². The molecule has 5 fully saturated rings. The predicted octanol–water partition coefficient (Wildman–Crippen LogP) is 2.97. The fourth-order valence-electron chi connectivity index (χ4n) is 5.82. The number of nitrogens with one attached hydrogen (secondary N) is 1. The highest BCUT2D eigenvalue weighted by atomic mass is 16.5. The van der Waals surface area contributed by atoms with Crippen molar-refractivity contribution in [3.05, 3.63) is 0 Å². The molecule has 4 aliphatic carbocycles. The van der Waals surface area contributed by atoms with E-state index in [4.69, 9.17) is 4.74 Å². The van der Waals surface area contributed by atoms with Gasteiger partial charge in [0.2, 0.25) is 0 Å². The molecule has 0 aromatic heterocycles. The highest BCUT2D eigenvalue weighted by Gasteiger charge is 2.54. The maximum Gasteiger partial charge on any atom is 0.0755 e. The molecule has 0 spiro atoms. The Bertz CT molecular complexity index is 292. The Labute approximate surface area is 111 Å². The predicted molar refractivity (Wildman–Crippen MR) is 72.4 cm³/mol. The first kappa shape index (κ1) is 11.7. The second-order valence-electron chi connectivity index (χ2n) is 7.74. The van der Waals surface area contributed by atoms with Gasteiger partial charge in [-0.15, -0.1) is 0 Å². The molecule has 5 aliphatic rings. The SMILES string of the molecule is CC1CCOC(C23CC4CC(CC(C4)C2)C3)CN1.